The minimum Gasteiger partial charge on any atom is -0.497 e. The Kier molecular flexibility index (Phi) is 6.96. The summed E-state index contributed by atoms with van der Waals surface area (Å²) in [6.45, 7) is 4.54. The van der Waals surface area contributed by atoms with E-state index in [1.807, 2.05) is 18.2 Å². The number of rotatable bonds is 5. The summed E-state index contributed by atoms with van der Waals surface area (Å²) in [7, 11) is 1.71. The van der Waals surface area contributed by atoms with Gasteiger partial charge < -0.3 is 9.64 Å². The Morgan fingerprint density at radius 1 is 1.07 bits per heavy atom. The van der Waals surface area contributed by atoms with Crippen LogP contribution in [0.4, 0.5) is 0 Å². The summed E-state index contributed by atoms with van der Waals surface area (Å²) in [6.07, 6.45) is 4.98. The van der Waals surface area contributed by atoms with Crippen LogP contribution in [0.1, 0.15) is 48.3 Å². The predicted octanol–water partition coefficient (Wildman–Crippen LogP) is 4.89. The van der Waals surface area contributed by atoms with Crippen LogP contribution in [0.2, 0.25) is 5.02 Å². The van der Waals surface area contributed by atoms with Gasteiger partial charge in [-0.15, -0.1) is 0 Å². The van der Waals surface area contributed by atoms with Gasteiger partial charge in [-0.3, -0.25) is 9.69 Å². The number of fused-ring (bicyclic) bond motifs is 1. The fourth-order valence-corrected chi connectivity index (χ4v) is 4.92. The SMILES string of the molecule is COc1ccc2c(c1)CCCC2CC(=O)N1CCCN(Cc2ccc(Cl)cc2)CC1. The van der Waals surface area contributed by atoms with Crippen molar-refractivity contribution < 1.29 is 9.53 Å². The molecule has 0 radical (unpaired) electrons. The van der Waals surface area contributed by atoms with Crippen LogP contribution < -0.4 is 4.74 Å². The van der Waals surface area contributed by atoms with Crippen LogP contribution in [0.3, 0.4) is 0 Å². The normalized spacial score (nSPS) is 19.8. The maximum absolute atomic E-state index is 13.1. The molecule has 1 fully saturated rings. The van der Waals surface area contributed by atoms with E-state index < -0.39 is 0 Å². The highest BCUT2D eigenvalue weighted by Gasteiger charge is 2.26. The number of methoxy groups -OCH3 is 1. The van der Waals surface area contributed by atoms with Crippen LogP contribution in [-0.4, -0.2) is 49.0 Å². The van der Waals surface area contributed by atoms with E-state index in [-0.39, 0.29) is 0 Å². The van der Waals surface area contributed by atoms with Crippen molar-refractivity contribution in [2.24, 2.45) is 0 Å². The van der Waals surface area contributed by atoms with E-state index in [0.717, 1.165) is 69.2 Å². The highest BCUT2D eigenvalue weighted by molar-refractivity contribution is 6.30. The zero-order valence-electron chi connectivity index (χ0n) is 17.8. The van der Waals surface area contributed by atoms with Crippen molar-refractivity contribution in [2.45, 2.75) is 44.6 Å². The molecule has 5 heteroatoms. The van der Waals surface area contributed by atoms with Gasteiger partial charge in [0.2, 0.25) is 5.91 Å². The molecule has 2 aliphatic rings. The molecule has 1 atom stereocenters. The van der Waals surface area contributed by atoms with Crippen LogP contribution in [0, 0.1) is 0 Å². The average Bonchev–Trinajstić information content (AvgIpc) is 3.01. The highest BCUT2D eigenvalue weighted by atomic mass is 35.5. The molecule has 2 aromatic carbocycles. The van der Waals surface area contributed by atoms with Gasteiger partial charge in [0.25, 0.3) is 0 Å². The maximum atomic E-state index is 13.1. The summed E-state index contributed by atoms with van der Waals surface area (Å²) in [5, 5.41) is 0.772. The molecule has 0 aromatic heterocycles. The van der Waals surface area contributed by atoms with Gasteiger partial charge in [-0.2, -0.15) is 0 Å². The smallest absolute Gasteiger partial charge is 0.223 e. The molecule has 0 bridgehead atoms. The molecule has 2 aromatic rings. The molecule has 0 N–H and O–H groups in total. The van der Waals surface area contributed by atoms with Crippen molar-refractivity contribution in [3.63, 3.8) is 0 Å². The standard InChI is InChI=1S/C25H31ClN2O2/c1-30-23-10-11-24-20(16-23)4-2-5-21(24)17-25(29)28-13-3-12-27(14-15-28)18-19-6-8-22(26)9-7-19/h6-11,16,21H,2-5,12-15,17-18H2,1H3. The Hall–Kier alpha value is -2.04. The first kappa shape index (κ1) is 21.2. The Labute approximate surface area is 184 Å². The number of nitrogens with zero attached hydrogens (tertiary/aromatic N) is 2. The molecule has 0 saturated carbocycles. The molecule has 4 nitrogen and oxygen atoms in total. The van der Waals surface area contributed by atoms with E-state index in [2.05, 4.69) is 34.1 Å². The van der Waals surface area contributed by atoms with E-state index >= 15 is 0 Å². The van der Waals surface area contributed by atoms with Crippen molar-refractivity contribution in [3.05, 3.63) is 64.2 Å². The number of hydrogen-bond donors (Lipinski definition) is 0. The quantitative estimate of drug-likeness (QED) is 0.682. The second-order valence-corrected chi connectivity index (χ2v) is 8.93. The lowest BCUT2D eigenvalue weighted by Gasteiger charge is -2.28. The third kappa shape index (κ3) is 5.16. The number of carbonyl (C=O) groups excluding carboxylic acids is 1. The third-order valence-corrected chi connectivity index (χ3v) is 6.72. The van der Waals surface area contributed by atoms with Crippen molar-refractivity contribution in [1.29, 1.82) is 0 Å². The van der Waals surface area contributed by atoms with Crippen molar-refractivity contribution in [1.82, 2.24) is 9.80 Å². The predicted molar refractivity (Wildman–Crippen MR) is 121 cm³/mol. The van der Waals surface area contributed by atoms with Crippen LogP contribution in [-0.2, 0) is 17.8 Å². The molecule has 1 amide bonds. The summed E-state index contributed by atoms with van der Waals surface area (Å²) in [5.41, 5.74) is 3.96. The molecule has 30 heavy (non-hydrogen) atoms. The second-order valence-electron chi connectivity index (χ2n) is 8.49. The first-order chi connectivity index (χ1) is 14.6. The lowest BCUT2D eigenvalue weighted by Crippen LogP contribution is -2.36. The Balaban J connectivity index is 1.34. The first-order valence-corrected chi connectivity index (χ1v) is 11.4. The van der Waals surface area contributed by atoms with Gasteiger partial charge in [-0.1, -0.05) is 29.8 Å². The van der Waals surface area contributed by atoms with Crippen molar-refractivity contribution in [3.8, 4) is 5.75 Å². The molecule has 160 valence electrons. The molecule has 1 aliphatic heterocycles. The number of hydrogen-bond acceptors (Lipinski definition) is 3. The van der Waals surface area contributed by atoms with Gasteiger partial charge >= 0.3 is 0 Å². The molecule has 1 aliphatic carbocycles. The van der Waals surface area contributed by atoms with Crippen LogP contribution >= 0.6 is 11.6 Å². The minimum absolute atomic E-state index is 0.303. The monoisotopic (exact) mass is 426 g/mol. The third-order valence-electron chi connectivity index (χ3n) is 6.47. The number of carbonyl (C=O) groups is 1. The van der Waals surface area contributed by atoms with Crippen molar-refractivity contribution in [2.75, 3.05) is 33.3 Å². The highest BCUT2D eigenvalue weighted by Crippen LogP contribution is 2.36. The zero-order chi connectivity index (χ0) is 20.9. The molecule has 1 saturated heterocycles. The summed E-state index contributed by atoms with van der Waals surface area (Å²) < 4.78 is 5.38. The van der Waals surface area contributed by atoms with Gasteiger partial charge in [-0.25, -0.2) is 0 Å². The topological polar surface area (TPSA) is 32.8 Å². The number of benzene rings is 2. The molecule has 4 rings (SSSR count). The van der Waals surface area contributed by atoms with E-state index in [1.54, 1.807) is 7.11 Å². The van der Waals surface area contributed by atoms with E-state index in [9.17, 15) is 4.79 Å². The number of ether oxygens (including phenoxy) is 1. The fraction of sp³-hybridized carbons (Fsp3) is 0.480. The summed E-state index contributed by atoms with van der Waals surface area (Å²) in [6, 6.07) is 14.4. The van der Waals surface area contributed by atoms with Gasteiger partial charge in [0.05, 0.1) is 7.11 Å². The van der Waals surface area contributed by atoms with Gasteiger partial charge in [0.1, 0.15) is 5.75 Å². The van der Waals surface area contributed by atoms with E-state index in [1.165, 1.54) is 16.7 Å². The minimum atomic E-state index is 0.303. The van der Waals surface area contributed by atoms with Gasteiger partial charge in [0, 0.05) is 44.2 Å². The maximum Gasteiger partial charge on any atom is 0.223 e. The number of aryl methyl sites for hydroxylation is 1. The molecule has 1 heterocycles. The second kappa shape index (κ2) is 9.84. The lowest BCUT2D eigenvalue weighted by atomic mass is 9.80. The summed E-state index contributed by atoms with van der Waals surface area (Å²) in [4.78, 5) is 17.6. The Morgan fingerprint density at radius 2 is 1.90 bits per heavy atom. The van der Waals surface area contributed by atoms with Gasteiger partial charge in [0.15, 0.2) is 0 Å². The molecular weight excluding hydrogens is 396 g/mol. The molecular formula is C25H31ClN2O2. The molecule has 1 unspecified atom stereocenters. The number of amides is 1. The largest absolute Gasteiger partial charge is 0.497 e. The fourth-order valence-electron chi connectivity index (χ4n) is 4.80. The van der Waals surface area contributed by atoms with E-state index in [0.29, 0.717) is 18.2 Å². The Bertz CT molecular complexity index is 868. The lowest BCUT2D eigenvalue weighted by molar-refractivity contribution is -0.131. The first-order valence-electron chi connectivity index (χ1n) is 11.0. The van der Waals surface area contributed by atoms with Crippen LogP contribution in [0.15, 0.2) is 42.5 Å². The average molecular weight is 427 g/mol. The Morgan fingerprint density at radius 3 is 2.70 bits per heavy atom. The van der Waals surface area contributed by atoms with E-state index in [4.69, 9.17) is 16.3 Å². The number of halogens is 1. The van der Waals surface area contributed by atoms with Gasteiger partial charge in [-0.05, 0) is 72.6 Å². The zero-order valence-corrected chi connectivity index (χ0v) is 18.5. The van der Waals surface area contributed by atoms with Crippen LogP contribution in [0.25, 0.3) is 0 Å². The summed E-state index contributed by atoms with van der Waals surface area (Å²) >= 11 is 6.00. The summed E-state index contributed by atoms with van der Waals surface area (Å²) in [5.74, 6) is 1.55. The van der Waals surface area contributed by atoms with Crippen LogP contribution in [0.5, 0.6) is 5.75 Å². The molecule has 0 spiro atoms. The van der Waals surface area contributed by atoms with Crippen molar-refractivity contribution >= 4 is 17.5 Å².